The lowest BCUT2D eigenvalue weighted by atomic mass is 10.3. The van der Waals surface area contributed by atoms with Gasteiger partial charge in [-0.1, -0.05) is 36.0 Å². The zero-order valence-corrected chi connectivity index (χ0v) is 15.0. The summed E-state index contributed by atoms with van der Waals surface area (Å²) < 4.78 is 7.88. The average molecular weight is 358 g/mol. The maximum absolute atomic E-state index is 11.9. The second-order valence-corrected chi connectivity index (χ2v) is 6.89. The molecule has 1 saturated carbocycles. The zero-order chi connectivity index (χ0) is 17.6. The lowest BCUT2D eigenvalue weighted by Crippen LogP contribution is -2.27. The molecule has 7 heteroatoms. The number of rotatable bonds is 9. The van der Waals surface area contributed by atoms with Gasteiger partial charge in [-0.05, 0) is 31.9 Å². The predicted molar refractivity (Wildman–Crippen MR) is 97.6 cm³/mol. The van der Waals surface area contributed by atoms with Gasteiger partial charge in [0.1, 0.15) is 5.75 Å². The summed E-state index contributed by atoms with van der Waals surface area (Å²) in [6, 6.07) is 9.98. The molecule has 0 aliphatic heterocycles. The highest BCUT2D eigenvalue weighted by atomic mass is 32.2. The van der Waals surface area contributed by atoms with Crippen molar-refractivity contribution in [3.8, 4) is 5.75 Å². The van der Waals surface area contributed by atoms with Crippen molar-refractivity contribution in [3.63, 3.8) is 0 Å². The molecule has 0 bridgehead atoms. The molecule has 1 aliphatic rings. The minimum atomic E-state index is -0.260. The molecular weight excluding hydrogens is 336 g/mol. The van der Waals surface area contributed by atoms with Gasteiger partial charge in [-0.25, -0.2) is 0 Å². The van der Waals surface area contributed by atoms with E-state index in [2.05, 4.69) is 22.1 Å². The first-order valence-corrected chi connectivity index (χ1v) is 9.33. The summed E-state index contributed by atoms with van der Waals surface area (Å²) in [5.74, 6) is 1.87. The Kier molecular flexibility index (Phi) is 5.75. The largest absolute Gasteiger partial charge is 0.483 e. The van der Waals surface area contributed by atoms with E-state index in [1.807, 2.05) is 41.8 Å². The number of benzene rings is 1. The molecule has 1 N–H and O–H groups in total. The van der Waals surface area contributed by atoms with E-state index < -0.39 is 0 Å². The number of carbonyl (C=O) groups is 1. The number of carbonyl (C=O) groups excluding carboxylic acids is 1. The predicted octanol–water partition coefficient (Wildman–Crippen LogP) is 2.97. The number of thioether (sulfide) groups is 1. The molecule has 1 aromatic heterocycles. The molecule has 1 aliphatic carbocycles. The number of nitrogens with zero attached hydrogens (tertiary/aromatic N) is 3. The lowest BCUT2D eigenvalue weighted by Gasteiger charge is -2.15. The van der Waals surface area contributed by atoms with Gasteiger partial charge in [0.25, 0.3) is 0 Å². The zero-order valence-electron chi connectivity index (χ0n) is 14.2. The van der Waals surface area contributed by atoms with E-state index in [-0.39, 0.29) is 12.0 Å². The maximum Gasteiger partial charge on any atom is 0.230 e. The van der Waals surface area contributed by atoms with Crippen molar-refractivity contribution >= 4 is 17.7 Å². The minimum absolute atomic E-state index is 0.0378. The Balaban J connectivity index is 1.67. The van der Waals surface area contributed by atoms with Crippen molar-refractivity contribution < 1.29 is 9.53 Å². The van der Waals surface area contributed by atoms with Crippen molar-refractivity contribution in [2.75, 3.05) is 5.75 Å². The smallest absolute Gasteiger partial charge is 0.230 e. The van der Waals surface area contributed by atoms with Crippen LogP contribution in [0.1, 0.15) is 31.7 Å². The van der Waals surface area contributed by atoms with Crippen molar-refractivity contribution in [2.24, 2.45) is 0 Å². The minimum Gasteiger partial charge on any atom is -0.483 e. The van der Waals surface area contributed by atoms with E-state index in [4.69, 9.17) is 4.74 Å². The number of allylic oxidation sites excluding steroid dienone is 1. The topological polar surface area (TPSA) is 69.0 Å². The van der Waals surface area contributed by atoms with Gasteiger partial charge in [0.05, 0.1) is 5.75 Å². The number of hydrogen-bond acceptors (Lipinski definition) is 5. The number of nitrogens with one attached hydrogen (secondary N) is 1. The van der Waals surface area contributed by atoms with Crippen LogP contribution in [0.15, 0.2) is 48.1 Å². The van der Waals surface area contributed by atoms with Crippen molar-refractivity contribution in [3.05, 3.63) is 48.8 Å². The van der Waals surface area contributed by atoms with Crippen LogP contribution in [0, 0.1) is 0 Å². The van der Waals surface area contributed by atoms with E-state index in [0.717, 1.165) is 18.6 Å². The second kappa shape index (κ2) is 8.20. The molecule has 0 radical (unpaired) electrons. The molecule has 0 spiro atoms. The second-order valence-electron chi connectivity index (χ2n) is 5.94. The van der Waals surface area contributed by atoms with Crippen LogP contribution in [0.5, 0.6) is 5.75 Å². The summed E-state index contributed by atoms with van der Waals surface area (Å²) in [7, 11) is 0. The Morgan fingerprint density at radius 1 is 1.44 bits per heavy atom. The van der Waals surface area contributed by atoms with Gasteiger partial charge in [-0.2, -0.15) is 0 Å². The number of hydrogen-bond donors (Lipinski definition) is 1. The molecule has 1 atom stereocenters. The summed E-state index contributed by atoms with van der Waals surface area (Å²) in [6.07, 6.45) is 3.70. The van der Waals surface area contributed by atoms with Crippen LogP contribution in [0.25, 0.3) is 0 Å². The normalized spacial score (nSPS) is 14.8. The third-order valence-electron chi connectivity index (χ3n) is 3.75. The van der Waals surface area contributed by atoms with Gasteiger partial charge in [-0.3, -0.25) is 9.36 Å². The van der Waals surface area contributed by atoms with Crippen LogP contribution in [0.4, 0.5) is 0 Å². The van der Waals surface area contributed by atoms with E-state index in [1.54, 1.807) is 6.08 Å². The van der Waals surface area contributed by atoms with Crippen LogP contribution in [-0.4, -0.2) is 32.5 Å². The van der Waals surface area contributed by atoms with Crippen molar-refractivity contribution in [1.82, 2.24) is 20.1 Å². The summed E-state index contributed by atoms with van der Waals surface area (Å²) in [6.45, 7) is 6.30. The Morgan fingerprint density at radius 2 is 2.20 bits per heavy atom. The maximum atomic E-state index is 11.9. The molecule has 1 fully saturated rings. The van der Waals surface area contributed by atoms with Gasteiger partial charge in [0.15, 0.2) is 17.1 Å². The highest BCUT2D eigenvalue weighted by molar-refractivity contribution is 7.99. The molecular formula is C18H22N4O2S. The van der Waals surface area contributed by atoms with Crippen LogP contribution in [0.3, 0.4) is 0 Å². The highest BCUT2D eigenvalue weighted by Gasteiger charge is 2.24. The lowest BCUT2D eigenvalue weighted by molar-refractivity contribution is -0.118. The Hall–Kier alpha value is -2.28. The molecule has 25 heavy (non-hydrogen) atoms. The highest BCUT2D eigenvalue weighted by Crippen LogP contribution is 2.25. The van der Waals surface area contributed by atoms with Gasteiger partial charge < -0.3 is 10.1 Å². The third kappa shape index (κ3) is 4.85. The van der Waals surface area contributed by atoms with Crippen LogP contribution >= 0.6 is 11.8 Å². The molecule has 2 aromatic rings. The summed E-state index contributed by atoms with van der Waals surface area (Å²) in [5, 5.41) is 12.2. The Morgan fingerprint density at radius 3 is 2.88 bits per heavy atom. The third-order valence-corrected chi connectivity index (χ3v) is 4.72. The molecule has 132 valence electrons. The van der Waals surface area contributed by atoms with Crippen molar-refractivity contribution in [2.45, 2.75) is 43.6 Å². The monoisotopic (exact) mass is 358 g/mol. The van der Waals surface area contributed by atoms with Gasteiger partial charge in [0, 0.05) is 12.6 Å². The fourth-order valence-electron chi connectivity index (χ4n) is 2.39. The number of ether oxygens (including phenoxy) is 1. The summed E-state index contributed by atoms with van der Waals surface area (Å²) in [5.41, 5.74) is 0. The van der Waals surface area contributed by atoms with Crippen LogP contribution in [0.2, 0.25) is 0 Å². The average Bonchev–Trinajstić information content (AvgIpc) is 3.33. The quantitative estimate of drug-likeness (QED) is 0.551. The van der Waals surface area contributed by atoms with E-state index >= 15 is 0 Å². The molecule has 1 unspecified atom stereocenters. The van der Waals surface area contributed by atoms with Crippen LogP contribution in [-0.2, 0) is 11.3 Å². The fourth-order valence-corrected chi connectivity index (χ4v) is 3.16. The molecule has 0 saturated heterocycles. The molecule has 1 aromatic carbocycles. The first-order chi connectivity index (χ1) is 12.2. The van der Waals surface area contributed by atoms with E-state index in [9.17, 15) is 4.79 Å². The van der Waals surface area contributed by atoms with Gasteiger partial charge in [-0.15, -0.1) is 16.8 Å². The van der Waals surface area contributed by atoms with Gasteiger partial charge >= 0.3 is 0 Å². The van der Waals surface area contributed by atoms with Crippen molar-refractivity contribution in [1.29, 1.82) is 0 Å². The molecule has 6 nitrogen and oxygen atoms in total. The first-order valence-electron chi connectivity index (χ1n) is 8.35. The van der Waals surface area contributed by atoms with Gasteiger partial charge in [0.2, 0.25) is 5.91 Å². The summed E-state index contributed by atoms with van der Waals surface area (Å²) in [4.78, 5) is 11.9. The molecule has 1 heterocycles. The van der Waals surface area contributed by atoms with E-state index in [1.165, 1.54) is 11.8 Å². The number of aromatic nitrogens is 3. The molecule has 1 amide bonds. The van der Waals surface area contributed by atoms with Crippen LogP contribution < -0.4 is 10.1 Å². The fraction of sp³-hybridized carbons (Fsp3) is 0.389. The first kappa shape index (κ1) is 17.5. The van der Waals surface area contributed by atoms with E-state index in [0.29, 0.717) is 29.3 Å². The standard InChI is InChI=1S/C18H22N4O2S/c1-3-11-22-17(13(2)24-15-7-5-4-6-8-15)20-21-18(22)25-12-16(23)19-14-9-10-14/h3-8,13-14H,1,9-12H2,2H3,(H,19,23). The summed E-state index contributed by atoms with van der Waals surface area (Å²) >= 11 is 1.38. The number of para-hydroxylation sites is 1. The molecule has 3 rings (SSSR count). The Bertz CT molecular complexity index is 728. The SMILES string of the molecule is C=CCn1c(SCC(=O)NC2CC2)nnc1C(C)Oc1ccccc1. The Labute approximate surface area is 151 Å². The number of amides is 1.